The van der Waals surface area contributed by atoms with E-state index in [0.29, 0.717) is 5.56 Å². The van der Waals surface area contributed by atoms with Crippen molar-refractivity contribution in [2.45, 2.75) is 53.4 Å². The van der Waals surface area contributed by atoms with Crippen molar-refractivity contribution in [1.29, 1.82) is 5.26 Å². The first-order valence-electron chi connectivity index (χ1n) is 12.2. The third-order valence-corrected chi connectivity index (χ3v) is 8.22. The first-order valence-corrected chi connectivity index (χ1v) is 13.0. The zero-order valence-corrected chi connectivity index (χ0v) is 21.9. The lowest BCUT2D eigenvalue weighted by molar-refractivity contribution is 0.0955. The average Bonchev–Trinajstić information content (AvgIpc) is 3.50. The van der Waals surface area contributed by atoms with Crippen LogP contribution < -0.4 is 5.43 Å². The van der Waals surface area contributed by atoms with Crippen LogP contribution in [0.4, 0.5) is 0 Å². The number of aromatic nitrogens is 2. The molecule has 4 aromatic rings. The molecule has 1 aliphatic carbocycles. The van der Waals surface area contributed by atoms with Gasteiger partial charge in [-0.15, -0.1) is 11.3 Å². The van der Waals surface area contributed by atoms with Crippen molar-refractivity contribution in [2.24, 2.45) is 5.10 Å². The highest BCUT2D eigenvalue weighted by Gasteiger charge is 2.23. The summed E-state index contributed by atoms with van der Waals surface area (Å²) in [5.74, 6) is -0.262. The summed E-state index contributed by atoms with van der Waals surface area (Å²) in [7, 11) is 0. The van der Waals surface area contributed by atoms with Gasteiger partial charge in [0.1, 0.15) is 11.1 Å². The topological polar surface area (TPSA) is 75.1 Å². The van der Waals surface area contributed by atoms with Gasteiger partial charge in [-0.2, -0.15) is 10.4 Å². The van der Waals surface area contributed by atoms with Gasteiger partial charge >= 0.3 is 0 Å². The van der Waals surface area contributed by atoms with E-state index >= 15 is 0 Å². The van der Waals surface area contributed by atoms with Gasteiger partial charge in [0.2, 0.25) is 0 Å². The van der Waals surface area contributed by atoms with E-state index in [9.17, 15) is 10.1 Å². The number of benzene rings is 1. The smallest absolute Gasteiger partial charge is 0.271 e. The predicted octanol–water partition coefficient (Wildman–Crippen LogP) is 6.08. The van der Waals surface area contributed by atoms with Crippen molar-refractivity contribution in [2.75, 3.05) is 0 Å². The number of aryl methyl sites for hydroxylation is 4. The van der Waals surface area contributed by atoms with E-state index in [1.807, 2.05) is 52.0 Å². The van der Waals surface area contributed by atoms with Crippen LogP contribution >= 0.6 is 11.3 Å². The number of fused-ring (bicyclic) bond motifs is 1. The van der Waals surface area contributed by atoms with Gasteiger partial charge in [0.15, 0.2) is 0 Å². The molecular formula is C29H29N5OS. The van der Waals surface area contributed by atoms with Gasteiger partial charge < -0.3 is 9.13 Å². The number of nitriles is 1. The Morgan fingerprint density at radius 2 is 1.78 bits per heavy atom. The van der Waals surface area contributed by atoms with Crippen LogP contribution in [-0.2, 0) is 12.8 Å². The summed E-state index contributed by atoms with van der Waals surface area (Å²) in [4.78, 5) is 14.2. The Morgan fingerprint density at radius 1 is 1.03 bits per heavy atom. The molecule has 5 rings (SSSR count). The minimum absolute atomic E-state index is 0.262. The van der Waals surface area contributed by atoms with Gasteiger partial charge in [0.25, 0.3) is 5.91 Å². The molecule has 0 radical (unpaired) electrons. The number of amides is 1. The standard InChI is InChI=1S/C29H29N5OS/c1-18-12-13-19(2)33(18)24-9-7-8-22(15-24)28(35)32-31-17-23-14-20(3)34(21(23)4)29-26(16-30)25-10-5-6-11-27(25)36-29/h7-9,12-15,17H,5-6,10-11H2,1-4H3,(H,32,35)/b31-17+. The molecule has 6 nitrogen and oxygen atoms in total. The molecule has 0 aliphatic heterocycles. The zero-order chi connectivity index (χ0) is 25.4. The number of carbonyl (C=O) groups is 1. The fourth-order valence-electron chi connectivity index (χ4n) is 5.14. The van der Waals surface area contributed by atoms with Gasteiger partial charge in [-0.1, -0.05) is 6.07 Å². The van der Waals surface area contributed by atoms with Crippen molar-refractivity contribution in [3.05, 3.63) is 92.4 Å². The minimum atomic E-state index is -0.262. The summed E-state index contributed by atoms with van der Waals surface area (Å²) in [5, 5.41) is 15.2. The molecule has 1 aliphatic rings. The molecule has 182 valence electrons. The second-order valence-electron chi connectivity index (χ2n) is 9.37. The molecular weight excluding hydrogens is 466 g/mol. The SMILES string of the molecule is Cc1ccc(C)n1-c1cccc(C(=O)N/N=C/c2cc(C)n(-c3sc4c(c3C#N)CCCC4)c2C)c1. The largest absolute Gasteiger partial charge is 0.318 e. The van der Waals surface area contributed by atoms with E-state index in [-0.39, 0.29) is 5.91 Å². The van der Waals surface area contributed by atoms with Crippen molar-refractivity contribution >= 4 is 23.5 Å². The number of nitrogens with one attached hydrogen (secondary N) is 1. The summed E-state index contributed by atoms with van der Waals surface area (Å²) >= 11 is 1.73. The van der Waals surface area contributed by atoms with E-state index in [4.69, 9.17) is 0 Å². The monoisotopic (exact) mass is 495 g/mol. The van der Waals surface area contributed by atoms with Gasteiger partial charge in [0.05, 0.1) is 11.8 Å². The van der Waals surface area contributed by atoms with Gasteiger partial charge in [-0.25, -0.2) is 5.43 Å². The lowest BCUT2D eigenvalue weighted by Gasteiger charge is -2.10. The highest BCUT2D eigenvalue weighted by atomic mass is 32.1. The number of rotatable bonds is 5. The summed E-state index contributed by atoms with van der Waals surface area (Å²) in [5.41, 5.74) is 11.4. The highest BCUT2D eigenvalue weighted by Crippen LogP contribution is 2.38. The third-order valence-electron chi connectivity index (χ3n) is 6.95. The van der Waals surface area contributed by atoms with Crippen LogP contribution in [0.2, 0.25) is 0 Å². The maximum atomic E-state index is 12.8. The summed E-state index contributed by atoms with van der Waals surface area (Å²) in [6, 6.07) is 16.2. The molecule has 0 unspecified atom stereocenters. The van der Waals surface area contributed by atoms with E-state index < -0.39 is 0 Å². The second kappa shape index (κ2) is 9.63. The van der Waals surface area contributed by atoms with Crippen molar-refractivity contribution < 1.29 is 4.79 Å². The van der Waals surface area contributed by atoms with Crippen LogP contribution in [-0.4, -0.2) is 21.3 Å². The highest BCUT2D eigenvalue weighted by molar-refractivity contribution is 7.15. The molecule has 1 N–H and O–H groups in total. The summed E-state index contributed by atoms with van der Waals surface area (Å²) in [6.07, 6.45) is 6.05. The van der Waals surface area contributed by atoms with Gasteiger partial charge in [0, 0.05) is 44.5 Å². The van der Waals surface area contributed by atoms with E-state index in [1.54, 1.807) is 23.6 Å². The molecule has 3 heterocycles. The average molecular weight is 496 g/mol. The first-order chi connectivity index (χ1) is 17.4. The number of thiophene rings is 1. The normalized spacial score (nSPS) is 13.1. The second-order valence-corrected chi connectivity index (χ2v) is 10.4. The number of hydrazone groups is 1. The Hall–Kier alpha value is -3.89. The van der Waals surface area contributed by atoms with Gasteiger partial charge in [-0.3, -0.25) is 4.79 Å². The number of hydrogen-bond donors (Lipinski definition) is 1. The van der Waals surface area contributed by atoms with E-state index in [2.05, 4.69) is 37.9 Å². The van der Waals surface area contributed by atoms with Crippen LogP contribution in [0.3, 0.4) is 0 Å². The van der Waals surface area contributed by atoms with Crippen molar-refractivity contribution in [3.8, 4) is 16.8 Å². The Bertz CT molecular complexity index is 1520. The lowest BCUT2D eigenvalue weighted by Crippen LogP contribution is -2.18. The number of carbonyl (C=O) groups excluding carboxylic acids is 1. The fraction of sp³-hybridized carbons (Fsp3) is 0.276. The van der Waals surface area contributed by atoms with Crippen molar-refractivity contribution in [3.63, 3.8) is 0 Å². The minimum Gasteiger partial charge on any atom is -0.318 e. The van der Waals surface area contributed by atoms with Gasteiger partial charge in [-0.05, 0) is 95.3 Å². The van der Waals surface area contributed by atoms with E-state index in [0.717, 1.165) is 63.9 Å². The molecule has 7 heteroatoms. The molecule has 1 aromatic carbocycles. The molecule has 0 bridgehead atoms. The molecule has 36 heavy (non-hydrogen) atoms. The Labute approximate surface area is 215 Å². The number of nitrogens with zero attached hydrogens (tertiary/aromatic N) is 4. The van der Waals surface area contributed by atoms with Crippen LogP contribution in [0.15, 0.2) is 47.6 Å². The fourth-order valence-corrected chi connectivity index (χ4v) is 6.59. The molecule has 0 saturated carbocycles. The maximum Gasteiger partial charge on any atom is 0.271 e. The summed E-state index contributed by atoms with van der Waals surface area (Å²) < 4.78 is 4.27. The van der Waals surface area contributed by atoms with Crippen LogP contribution in [0.5, 0.6) is 0 Å². The third kappa shape index (κ3) is 4.18. The molecule has 0 spiro atoms. The molecule has 1 amide bonds. The van der Waals surface area contributed by atoms with Crippen molar-refractivity contribution in [1.82, 2.24) is 14.6 Å². The first kappa shape index (κ1) is 23.8. The Balaban J connectivity index is 1.37. The Morgan fingerprint density at radius 3 is 2.53 bits per heavy atom. The maximum absolute atomic E-state index is 12.8. The molecule has 0 saturated heterocycles. The van der Waals surface area contributed by atoms with Crippen LogP contribution in [0, 0.1) is 39.0 Å². The van der Waals surface area contributed by atoms with E-state index in [1.165, 1.54) is 16.9 Å². The zero-order valence-electron chi connectivity index (χ0n) is 21.1. The molecule has 0 atom stereocenters. The van der Waals surface area contributed by atoms with Crippen LogP contribution in [0.1, 0.15) is 67.5 Å². The molecule has 3 aromatic heterocycles. The quantitative estimate of drug-likeness (QED) is 0.269. The van der Waals surface area contributed by atoms with Crippen LogP contribution in [0.25, 0.3) is 10.7 Å². The summed E-state index contributed by atoms with van der Waals surface area (Å²) in [6.45, 7) is 8.16. The predicted molar refractivity (Wildman–Crippen MR) is 145 cm³/mol. The lowest BCUT2D eigenvalue weighted by atomic mass is 9.96. The molecule has 0 fully saturated rings. The Kier molecular flexibility index (Phi) is 6.38. The number of hydrogen-bond acceptors (Lipinski definition) is 4.